The fourth-order valence-electron chi connectivity index (χ4n) is 5.78. The number of nitrogens with zero attached hydrogens (tertiary/aromatic N) is 1. The third-order valence-electron chi connectivity index (χ3n) is 7.79. The molecule has 0 aromatic heterocycles. The second kappa shape index (κ2) is 11.7. The number of nitrogens with one attached hydrogen (secondary N) is 3. The summed E-state index contributed by atoms with van der Waals surface area (Å²) in [5.74, 6) is -11.0. The maximum atomic E-state index is 14.5. The van der Waals surface area contributed by atoms with Crippen LogP contribution in [0, 0.1) is 23.2 Å². The maximum Gasteiger partial charge on any atom is 0.471 e. The first-order valence-electron chi connectivity index (χ1n) is 13.2. The Morgan fingerprint density at radius 2 is 1.76 bits per heavy atom. The van der Waals surface area contributed by atoms with Gasteiger partial charge in [-0.1, -0.05) is 20.8 Å². The maximum absolute atomic E-state index is 14.5. The Balaban J connectivity index is 1.97. The Kier molecular flexibility index (Phi) is 9.36. The van der Waals surface area contributed by atoms with Crippen LogP contribution in [0.1, 0.15) is 46.5 Å². The van der Waals surface area contributed by atoms with E-state index in [4.69, 9.17) is 0 Å². The van der Waals surface area contributed by atoms with Gasteiger partial charge in [0.1, 0.15) is 12.1 Å². The van der Waals surface area contributed by atoms with Crippen molar-refractivity contribution in [1.82, 2.24) is 20.9 Å². The number of likely N-dealkylation sites (tertiary alicyclic amines) is 1. The lowest BCUT2D eigenvalue weighted by Gasteiger charge is -2.37. The van der Waals surface area contributed by atoms with Crippen molar-refractivity contribution >= 4 is 33.5 Å². The molecule has 2 aliphatic heterocycles. The first-order chi connectivity index (χ1) is 19.0. The second-order valence-electron chi connectivity index (χ2n) is 12.3. The second-order valence-corrected chi connectivity index (χ2v) is 14.2. The Hall–Kier alpha value is -2.85. The number of sulfone groups is 1. The van der Waals surface area contributed by atoms with E-state index in [1.165, 1.54) is 20.8 Å². The molecule has 3 aliphatic rings. The summed E-state index contributed by atoms with van der Waals surface area (Å²) in [6.07, 6.45) is -5.67. The van der Waals surface area contributed by atoms with Crippen LogP contribution in [0.3, 0.4) is 0 Å². The van der Waals surface area contributed by atoms with Gasteiger partial charge in [0.25, 0.3) is 0 Å². The van der Waals surface area contributed by atoms with Crippen LogP contribution in [0.2, 0.25) is 0 Å². The summed E-state index contributed by atoms with van der Waals surface area (Å²) in [6.45, 7) is 3.97. The normalized spacial score (nSPS) is 27.7. The lowest BCUT2D eigenvalue weighted by atomic mass is 9.85. The third kappa shape index (κ3) is 7.75. The number of amides is 4. The first kappa shape index (κ1) is 33.6. The van der Waals surface area contributed by atoms with E-state index in [-0.39, 0.29) is 19.4 Å². The van der Waals surface area contributed by atoms with Crippen LogP contribution in [-0.2, 0) is 29.0 Å². The molecular formula is C25H34F6N4O6S. The predicted molar refractivity (Wildman–Crippen MR) is 136 cm³/mol. The Labute approximate surface area is 238 Å². The van der Waals surface area contributed by atoms with E-state index in [1.54, 1.807) is 5.32 Å². The zero-order valence-electron chi connectivity index (χ0n) is 23.4. The van der Waals surface area contributed by atoms with Crippen molar-refractivity contribution in [3.05, 3.63) is 11.2 Å². The van der Waals surface area contributed by atoms with Crippen molar-refractivity contribution in [2.75, 3.05) is 19.3 Å². The summed E-state index contributed by atoms with van der Waals surface area (Å²) in [7, 11) is -4.36. The van der Waals surface area contributed by atoms with Crippen molar-refractivity contribution in [2.45, 2.75) is 76.7 Å². The molecule has 0 bridgehead atoms. The summed E-state index contributed by atoms with van der Waals surface area (Å²) in [5, 5.41) is 4.95. The van der Waals surface area contributed by atoms with Crippen molar-refractivity contribution in [3.8, 4) is 0 Å². The van der Waals surface area contributed by atoms with Gasteiger partial charge in [0.2, 0.25) is 38.6 Å². The minimum atomic E-state index is -5.33. The quantitative estimate of drug-likeness (QED) is 0.349. The Morgan fingerprint density at radius 1 is 1.14 bits per heavy atom. The van der Waals surface area contributed by atoms with Crippen LogP contribution in [0.25, 0.3) is 0 Å². The highest BCUT2D eigenvalue weighted by atomic mass is 32.2. The van der Waals surface area contributed by atoms with Gasteiger partial charge in [-0.3, -0.25) is 19.2 Å². The van der Waals surface area contributed by atoms with Crippen LogP contribution in [0.4, 0.5) is 26.3 Å². The minimum Gasteiger partial charge on any atom is -0.356 e. The lowest BCUT2D eigenvalue weighted by molar-refractivity contribution is -0.176. The smallest absolute Gasteiger partial charge is 0.356 e. The van der Waals surface area contributed by atoms with Gasteiger partial charge in [0.15, 0.2) is 0 Å². The predicted octanol–water partition coefficient (Wildman–Crippen LogP) is 1.82. The summed E-state index contributed by atoms with van der Waals surface area (Å²) in [4.78, 5) is 52.0. The minimum absolute atomic E-state index is 0.252. The number of carbonyl (C=O) groups excluding carboxylic acids is 4. The molecule has 2 saturated heterocycles. The summed E-state index contributed by atoms with van der Waals surface area (Å²) >= 11 is 0. The van der Waals surface area contributed by atoms with Gasteiger partial charge in [-0.25, -0.2) is 17.2 Å². The average Bonchev–Trinajstić information content (AvgIpc) is 3.45. The lowest BCUT2D eigenvalue weighted by Crippen LogP contribution is -2.60. The topological polar surface area (TPSA) is 142 Å². The van der Waals surface area contributed by atoms with Crippen LogP contribution in [0.5, 0.6) is 0 Å². The first-order valence-corrected chi connectivity index (χ1v) is 15.1. The van der Waals surface area contributed by atoms with Crippen molar-refractivity contribution in [2.24, 2.45) is 23.2 Å². The molecule has 10 nitrogen and oxygen atoms in total. The summed E-state index contributed by atoms with van der Waals surface area (Å²) < 4.78 is 106. The van der Waals surface area contributed by atoms with Gasteiger partial charge < -0.3 is 20.9 Å². The molecule has 42 heavy (non-hydrogen) atoms. The van der Waals surface area contributed by atoms with Crippen LogP contribution < -0.4 is 16.0 Å². The molecule has 2 heterocycles. The fourth-order valence-corrected chi connectivity index (χ4v) is 6.19. The van der Waals surface area contributed by atoms with Crippen LogP contribution in [0.15, 0.2) is 11.2 Å². The number of fused-ring (bicyclic) bond motifs is 1. The van der Waals surface area contributed by atoms with Crippen molar-refractivity contribution in [1.29, 1.82) is 0 Å². The molecule has 3 N–H and O–H groups in total. The summed E-state index contributed by atoms with van der Waals surface area (Å²) in [6, 6.07) is -4.87. The number of hydrogen-bond acceptors (Lipinski definition) is 6. The average molecular weight is 633 g/mol. The van der Waals surface area contributed by atoms with Gasteiger partial charge in [-0.05, 0) is 36.2 Å². The van der Waals surface area contributed by atoms with E-state index in [0.717, 1.165) is 4.90 Å². The van der Waals surface area contributed by atoms with Crippen LogP contribution >= 0.6 is 0 Å². The highest BCUT2D eigenvalue weighted by molar-refractivity contribution is 7.94. The Morgan fingerprint density at radius 3 is 2.26 bits per heavy atom. The van der Waals surface area contributed by atoms with Gasteiger partial charge in [-0.2, -0.15) is 17.6 Å². The van der Waals surface area contributed by atoms with Crippen molar-refractivity contribution < 1.29 is 53.9 Å². The number of hydrogen-bond donors (Lipinski definition) is 3. The SMILES string of the molecule is CC(C)(C)[C@H](NC(=O)C(F)(F)F)C(=O)N1C[C@H]2CC(F)(F)C[C@H]2[C@H]1C(=O)N[C@H](/C=C(\F)S(C)(=O)=O)C[C@@H]1CCNC1=O. The molecule has 0 aromatic rings. The number of alkyl halides is 5. The molecule has 17 heteroatoms. The molecule has 3 rings (SSSR count). The van der Waals surface area contributed by atoms with Gasteiger partial charge in [0.05, 0.1) is 6.04 Å². The molecule has 1 saturated carbocycles. The molecule has 0 radical (unpaired) electrons. The van der Waals surface area contributed by atoms with Gasteiger partial charge in [0, 0.05) is 38.1 Å². The summed E-state index contributed by atoms with van der Waals surface area (Å²) in [5.41, 5.74) is -1.31. The monoisotopic (exact) mass is 632 g/mol. The van der Waals surface area contributed by atoms with E-state index in [2.05, 4.69) is 10.6 Å². The molecule has 6 atom stereocenters. The molecular weight excluding hydrogens is 598 g/mol. The molecule has 0 aromatic carbocycles. The highest BCUT2D eigenvalue weighted by Crippen LogP contribution is 2.50. The third-order valence-corrected chi connectivity index (χ3v) is 8.63. The van der Waals surface area contributed by atoms with Gasteiger partial charge in [-0.15, -0.1) is 0 Å². The highest BCUT2D eigenvalue weighted by Gasteiger charge is 2.59. The fraction of sp³-hybridized carbons (Fsp3) is 0.760. The van der Waals surface area contributed by atoms with E-state index < -0.39 is 111 Å². The molecule has 0 unspecified atom stereocenters. The molecule has 0 spiro atoms. The van der Waals surface area contributed by atoms with E-state index in [0.29, 0.717) is 12.3 Å². The molecule has 4 amide bonds. The van der Waals surface area contributed by atoms with E-state index >= 15 is 0 Å². The van der Waals surface area contributed by atoms with Crippen molar-refractivity contribution in [3.63, 3.8) is 0 Å². The van der Waals surface area contributed by atoms with E-state index in [1.807, 2.05) is 0 Å². The van der Waals surface area contributed by atoms with Gasteiger partial charge >= 0.3 is 12.1 Å². The van der Waals surface area contributed by atoms with Crippen LogP contribution in [-0.4, -0.2) is 86.5 Å². The molecule has 1 aliphatic carbocycles. The number of carbonyl (C=O) groups is 4. The Bertz CT molecular complexity index is 1250. The zero-order valence-corrected chi connectivity index (χ0v) is 24.2. The largest absolute Gasteiger partial charge is 0.471 e. The standard InChI is InChI=1S/C25H34F6N4O6S/c1-23(2,3)18(34-22(39)25(29,30)31)21(38)35-11-13-9-24(27,28)10-15(13)17(35)20(37)33-14(8-16(26)42(4,40)41)7-12-5-6-32-19(12)36/h8,12-15,17-18H,5-7,9-11H2,1-4H3,(H,32,36)(H,33,37)(H,34,39)/b16-8+/t12-,13+,14-,15+,17-,18+/m0/s1. The number of halogens is 6. The molecule has 3 fully saturated rings. The van der Waals surface area contributed by atoms with E-state index in [9.17, 15) is 53.9 Å². The zero-order chi connectivity index (χ0) is 32.0. The molecule has 238 valence electrons. The number of rotatable bonds is 8.